The van der Waals surface area contributed by atoms with E-state index in [2.05, 4.69) is 12.2 Å². The average Bonchev–Trinajstić information content (AvgIpc) is 2.52. The van der Waals surface area contributed by atoms with Crippen molar-refractivity contribution in [3.8, 4) is 0 Å². The van der Waals surface area contributed by atoms with Crippen LogP contribution in [0.25, 0.3) is 0 Å². The van der Waals surface area contributed by atoms with Crippen LogP contribution in [0.15, 0.2) is 12.2 Å². The molecule has 0 aromatic rings. The van der Waals surface area contributed by atoms with Crippen LogP contribution < -0.4 is 0 Å². The first kappa shape index (κ1) is 17.0. The number of allylic oxidation sites excluding steroid dienone is 2. The third kappa shape index (κ3) is 4.78. The molecule has 0 atom stereocenters. The zero-order valence-corrected chi connectivity index (χ0v) is 14.4. The lowest BCUT2D eigenvalue weighted by Gasteiger charge is -2.35. The Morgan fingerprint density at radius 1 is 0.737 bits per heavy atom. The molecule has 0 fully saturated rings. The highest BCUT2D eigenvalue weighted by molar-refractivity contribution is 6.75. The first-order valence-electron chi connectivity index (χ1n) is 7.06. The van der Waals surface area contributed by atoms with Crippen LogP contribution in [0.4, 0.5) is 0 Å². The predicted molar refractivity (Wildman–Crippen MR) is 77.9 cm³/mol. The Hall–Kier alpha value is -0.0262. The second-order valence-electron chi connectivity index (χ2n) is 4.08. The normalized spacial score (nSPS) is 21.3. The highest BCUT2D eigenvalue weighted by Gasteiger charge is 2.53. The Morgan fingerprint density at radius 2 is 1.05 bits per heavy atom. The van der Waals surface area contributed by atoms with Crippen molar-refractivity contribution < 1.29 is 21.8 Å². The molecule has 5 nitrogen and oxygen atoms in total. The van der Waals surface area contributed by atoms with Crippen LogP contribution in [0.3, 0.4) is 0 Å². The summed E-state index contributed by atoms with van der Waals surface area (Å²) < 4.78 is 29.7. The standard InChI is InChI=1S/C12H26O5Si2/c1-5-13-18(14-6-2)11-9-10-12-19(17-18,15-7-3)16-8-4/h9-10H,5-8,11-12H2,1-4H3. The Morgan fingerprint density at radius 3 is 1.32 bits per heavy atom. The molecule has 0 aromatic heterocycles. The zero-order valence-electron chi connectivity index (χ0n) is 12.4. The van der Waals surface area contributed by atoms with Gasteiger partial charge in [0.25, 0.3) is 0 Å². The van der Waals surface area contributed by atoms with Gasteiger partial charge in [-0.2, -0.15) is 0 Å². The summed E-state index contributed by atoms with van der Waals surface area (Å²) in [6, 6.07) is 1.37. The molecule has 0 unspecified atom stereocenters. The summed E-state index contributed by atoms with van der Waals surface area (Å²) in [7, 11) is -5.44. The molecule has 1 heterocycles. The van der Waals surface area contributed by atoms with Crippen LogP contribution in [0, 0.1) is 0 Å². The maximum atomic E-state index is 6.27. The molecule has 0 saturated carbocycles. The Balaban J connectivity index is 2.95. The molecule has 0 saturated heterocycles. The maximum Gasteiger partial charge on any atom is 0.497 e. The summed E-state index contributed by atoms with van der Waals surface area (Å²) in [4.78, 5) is 0. The van der Waals surface area contributed by atoms with E-state index in [9.17, 15) is 0 Å². The fourth-order valence-electron chi connectivity index (χ4n) is 2.09. The summed E-state index contributed by atoms with van der Waals surface area (Å²) in [6.45, 7) is 10.1. The van der Waals surface area contributed by atoms with E-state index in [0.29, 0.717) is 38.5 Å². The molecular formula is C12H26O5Si2. The van der Waals surface area contributed by atoms with Gasteiger partial charge in [0.2, 0.25) is 0 Å². The van der Waals surface area contributed by atoms with E-state index >= 15 is 0 Å². The molecule has 0 N–H and O–H groups in total. The molecule has 19 heavy (non-hydrogen) atoms. The van der Waals surface area contributed by atoms with Gasteiger partial charge >= 0.3 is 17.6 Å². The van der Waals surface area contributed by atoms with Crippen LogP contribution in [0.1, 0.15) is 27.7 Å². The fourth-order valence-corrected chi connectivity index (χ4v) is 8.91. The van der Waals surface area contributed by atoms with Crippen molar-refractivity contribution in [3.05, 3.63) is 12.2 Å². The minimum atomic E-state index is -2.72. The number of hydrogen-bond acceptors (Lipinski definition) is 5. The van der Waals surface area contributed by atoms with Crippen LogP contribution in [-0.2, 0) is 21.8 Å². The zero-order chi connectivity index (χ0) is 14.2. The van der Waals surface area contributed by atoms with E-state index in [1.165, 1.54) is 0 Å². The highest BCUT2D eigenvalue weighted by Crippen LogP contribution is 2.29. The van der Waals surface area contributed by atoms with Gasteiger partial charge in [-0.1, -0.05) is 12.2 Å². The van der Waals surface area contributed by atoms with Crippen LogP contribution >= 0.6 is 0 Å². The lowest BCUT2D eigenvalue weighted by Crippen LogP contribution is -2.57. The molecule has 1 aliphatic rings. The second kappa shape index (κ2) is 8.30. The lowest BCUT2D eigenvalue weighted by atomic mass is 10.6. The van der Waals surface area contributed by atoms with Gasteiger partial charge in [0.1, 0.15) is 0 Å². The van der Waals surface area contributed by atoms with E-state index in [4.69, 9.17) is 21.8 Å². The van der Waals surface area contributed by atoms with Gasteiger partial charge in [0.05, 0.1) is 0 Å². The first-order chi connectivity index (χ1) is 9.16. The molecule has 112 valence electrons. The van der Waals surface area contributed by atoms with Crippen LogP contribution in [0.5, 0.6) is 0 Å². The van der Waals surface area contributed by atoms with E-state index in [0.717, 1.165) is 0 Å². The molecule has 1 aliphatic heterocycles. The second-order valence-corrected chi connectivity index (χ2v) is 9.60. The Labute approximate surface area is 118 Å². The summed E-state index contributed by atoms with van der Waals surface area (Å²) in [5.41, 5.74) is 0. The Kier molecular flexibility index (Phi) is 7.44. The highest BCUT2D eigenvalue weighted by atomic mass is 28.5. The molecule has 0 amide bonds. The third-order valence-electron chi connectivity index (χ3n) is 2.67. The molecule has 0 aliphatic carbocycles. The van der Waals surface area contributed by atoms with Crippen molar-refractivity contribution in [2.45, 2.75) is 39.8 Å². The minimum Gasteiger partial charge on any atom is -0.374 e. The molecule has 0 radical (unpaired) electrons. The van der Waals surface area contributed by atoms with Gasteiger partial charge in [-0.05, 0) is 27.7 Å². The van der Waals surface area contributed by atoms with Crippen molar-refractivity contribution in [3.63, 3.8) is 0 Å². The quantitative estimate of drug-likeness (QED) is 0.509. The number of rotatable bonds is 8. The molecule has 1 rings (SSSR count). The van der Waals surface area contributed by atoms with E-state index in [1.807, 2.05) is 27.7 Å². The summed E-state index contributed by atoms with van der Waals surface area (Å²) in [5.74, 6) is 0. The van der Waals surface area contributed by atoms with E-state index < -0.39 is 17.6 Å². The fraction of sp³-hybridized carbons (Fsp3) is 0.833. The topological polar surface area (TPSA) is 46.2 Å². The first-order valence-corrected chi connectivity index (χ1v) is 10.9. The largest absolute Gasteiger partial charge is 0.497 e. The van der Waals surface area contributed by atoms with Crippen molar-refractivity contribution in [1.29, 1.82) is 0 Å². The third-order valence-corrected chi connectivity index (χ3v) is 9.54. The predicted octanol–water partition coefficient (Wildman–Crippen LogP) is 2.60. The molecule has 0 aromatic carbocycles. The smallest absolute Gasteiger partial charge is 0.374 e. The van der Waals surface area contributed by atoms with Gasteiger partial charge in [0, 0.05) is 38.5 Å². The summed E-state index contributed by atoms with van der Waals surface area (Å²) in [6.07, 6.45) is 4.15. The molecule has 7 heteroatoms. The van der Waals surface area contributed by atoms with E-state index in [1.54, 1.807) is 0 Å². The van der Waals surface area contributed by atoms with Gasteiger partial charge in [-0.15, -0.1) is 0 Å². The molecular weight excluding hydrogens is 280 g/mol. The number of hydrogen-bond donors (Lipinski definition) is 0. The van der Waals surface area contributed by atoms with Crippen molar-refractivity contribution in [1.82, 2.24) is 0 Å². The minimum absolute atomic E-state index is 0.572. The van der Waals surface area contributed by atoms with Crippen LogP contribution in [-0.4, -0.2) is 44.0 Å². The monoisotopic (exact) mass is 306 g/mol. The molecule has 0 spiro atoms. The summed E-state index contributed by atoms with van der Waals surface area (Å²) >= 11 is 0. The van der Waals surface area contributed by atoms with Crippen molar-refractivity contribution in [2.75, 3.05) is 26.4 Å². The SMILES string of the molecule is CCO[Si]1(OCC)CC=CC[Si](OCC)(OCC)O1. The lowest BCUT2D eigenvalue weighted by molar-refractivity contribution is 0.0542. The maximum absolute atomic E-state index is 6.27. The van der Waals surface area contributed by atoms with Gasteiger partial charge < -0.3 is 21.8 Å². The summed E-state index contributed by atoms with van der Waals surface area (Å²) in [5, 5.41) is 0. The van der Waals surface area contributed by atoms with Crippen molar-refractivity contribution >= 4 is 17.6 Å². The van der Waals surface area contributed by atoms with E-state index in [-0.39, 0.29) is 0 Å². The van der Waals surface area contributed by atoms with Crippen molar-refractivity contribution in [2.24, 2.45) is 0 Å². The van der Waals surface area contributed by atoms with Gasteiger partial charge in [-0.25, -0.2) is 0 Å². The van der Waals surface area contributed by atoms with Gasteiger partial charge in [-0.3, -0.25) is 0 Å². The Bertz CT molecular complexity index is 247. The van der Waals surface area contributed by atoms with Gasteiger partial charge in [0.15, 0.2) is 0 Å². The average molecular weight is 307 g/mol. The van der Waals surface area contributed by atoms with Crippen LogP contribution in [0.2, 0.25) is 12.1 Å². The molecule has 0 bridgehead atoms.